The monoisotopic (exact) mass is 293 g/mol. The Hall–Kier alpha value is -2.08. The molecule has 6 nitrogen and oxygen atoms in total. The van der Waals surface area contributed by atoms with Crippen LogP contribution in [0.3, 0.4) is 0 Å². The van der Waals surface area contributed by atoms with E-state index in [-0.39, 0.29) is 18.9 Å². The molecule has 1 aliphatic rings. The number of rotatable bonds is 4. The second kappa shape index (κ2) is 6.58. The zero-order valence-corrected chi connectivity index (χ0v) is 12.2. The van der Waals surface area contributed by atoms with E-state index in [1.165, 1.54) is 0 Å². The number of ether oxygens (including phenoxy) is 2. The third-order valence-corrected chi connectivity index (χ3v) is 3.55. The number of carbonyl (C=O) groups is 2. The van der Waals surface area contributed by atoms with Crippen molar-refractivity contribution in [3.63, 3.8) is 0 Å². The molecule has 0 bridgehead atoms. The highest BCUT2D eigenvalue weighted by molar-refractivity contribution is 5.95. The van der Waals surface area contributed by atoms with Crippen molar-refractivity contribution < 1.29 is 24.2 Å². The molecule has 1 N–H and O–H groups in total. The number of methoxy groups -OCH3 is 1. The minimum absolute atomic E-state index is 0.116. The lowest BCUT2D eigenvalue weighted by molar-refractivity contribution is -0.139. The lowest BCUT2D eigenvalue weighted by Crippen LogP contribution is -2.49. The van der Waals surface area contributed by atoms with Crippen LogP contribution in [0.15, 0.2) is 18.2 Å². The van der Waals surface area contributed by atoms with Crippen LogP contribution >= 0.6 is 0 Å². The van der Waals surface area contributed by atoms with Crippen molar-refractivity contribution in [3.05, 3.63) is 29.3 Å². The van der Waals surface area contributed by atoms with Gasteiger partial charge in [0.15, 0.2) is 0 Å². The Morgan fingerprint density at radius 2 is 2.24 bits per heavy atom. The first-order valence-corrected chi connectivity index (χ1v) is 6.78. The highest BCUT2D eigenvalue weighted by atomic mass is 16.5. The number of hydrogen-bond acceptors (Lipinski definition) is 4. The number of hydrogen-bond donors (Lipinski definition) is 1. The molecule has 1 atom stereocenters. The van der Waals surface area contributed by atoms with E-state index in [1.807, 2.05) is 13.0 Å². The molecule has 1 aromatic rings. The summed E-state index contributed by atoms with van der Waals surface area (Å²) in [5.41, 5.74) is 1.44. The summed E-state index contributed by atoms with van der Waals surface area (Å²) in [7, 11) is 1.55. The summed E-state index contributed by atoms with van der Waals surface area (Å²) in [5.74, 6) is -0.489. The summed E-state index contributed by atoms with van der Waals surface area (Å²) in [5, 5.41) is 8.94. The third-order valence-electron chi connectivity index (χ3n) is 3.55. The number of aryl methyl sites for hydroxylation is 1. The molecule has 0 radical (unpaired) electrons. The van der Waals surface area contributed by atoms with E-state index in [2.05, 4.69) is 0 Å². The van der Waals surface area contributed by atoms with Gasteiger partial charge >= 0.3 is 5.97 Å². The standard InChI is InChI=1S/C15H19NO5/c1-10-3-4-11(7-13(10)20-2)15(19)16-5-6-21-9-12(16)8-14(17)18/h3-4,7,12H,5-6,8-9H2,1-2H3,(H,17,18). The maximum absolute atomic E-state index is 12.6. The zero-order valence-electron chi connectivity index (χ0n) is 12.2. The van der Waals surface area contributed by atoms with E-state index in [4.69, 9.17) is 14.6 Å². The molecular weight excluding hydrogens is 274 g/mol. The maximum Gasteiger partial charge on any atom is 0.305 e. The van der Waals surface area contributed by atoms with Crippen LogP contribution in [0.1, 0.15) is 22.3 Å². The molecule has 1 saturated heterocycles. The summed E-state index contributed by atoms with van der Waals surface area (Å²) in [6.45, 7) is 2.97. The van der Waals surface area contributed by atoms with Crippen LogP contribution in [-0.4, -0.2) is 54.8 Å². The van der Waals surface area contributed by atoms with Gasteiger partial charge in [0, 0.05) is 12.1 Å². The predicted octanol–water partition coefficient (Wildman–Crippen LogP) is 1.32. The zero-order chi connectivity index (χ0) is 15.4. The Labute approximate surface area is 123 Å². The number of carboxylic acid groups (broad SMARTS) is 1. The van der Waals surface area contributed by atoms with Crippen molar-refractivity contribution in [2.45, 2.75) is 19.4 Å². The van der Waals surface area contributed by atoms with E-state index < -0.39 is 12.0 Å². The van der Waals surface area contributed by atoms with Gasteiger partial charge in [0.2, 0.25) is 0 Å². The first-order valence-electron chi connectivity index (χ1n) is 6.78. The average molecular weight is 293 g/mol. The van der Waals surface area contributed by atoms with Gasteiger partial charge in [-0.1, -0.05) is 6.07 Å². The van der Waals surface area contributed by atoms with Crippen molar-refractivity contribution in [1.29, 1.82) is 0 Å². The number of nitrogens with zero attached hydrogens (tertiary/aromatic N) is 1. The molecule has 21 heavy (non-hydrogen) atoms. The molecule has 1 heterocycles. The van der Waals surface area contributed by atoms with Crippen molar-refractivity contribution >= 4 is 11.9 Å². The first kappa shape index (κ1) is 15.3. The number of carbonyl (C=O) groups excluding carboxylic acids is 1. The van der Waals surface area contributed by atoms with Gasteiger partial charge in [-0.3, -0.25) is 9.59 Å². The largest absolute Gasteiger partial charge is 0.496 e. The second-order valence-electron chi connectivity index (χ2n) is 5.01. The van der Waals surface area contributed by atoms with Gasteiger partial charge in [-0.25, -0.2) is 0 Å². The Balaban J connectivity index is 2.22. The molecule has 0 aromatic heterocycles. The third kappa shape index (κ3) is 3.52. The molecule has 1 unspecified atom stereocenters. The van der Waals surface area contributed by atoms with E-state index in [0.717, 1.165) is 5.56 Å². The van der Waals surface area contributed by atoms with Gasteiger partial charge < -0.3 is 19.5 Å². The number of amides is 1. The normalized spacial score (nSPS) is 18.4. The van der Waals surface area contributed by atoms with Crippen LogP contribution in [0.5, 0.6) is 5.75 Å². The molecular formula is C15H19NO5. The van der Waals surface area contributed by atoms with Crippen molar-refractivity contribution in [2.75, 3.05) is 26.9 Å². The SMILES string of the molecule is COc1cc(C(=O)N2CCOCC2CC(=O)O)ccc1C. The number of aliphatic carboxylic acids is 1. The molecule has 0 spiro atoms. The lowest BCUT2D eigenvalue weighted by atomic mass is 10.1. The van der Waals surface area contributed by atoms with E-state index in [0.29, 0.717) is 24.5 Å². The van der Waals surface area contributed by atoms with Crippen LogP contribution in [0, 0.1) is 6.92 Å². The fourth-order valence-corrected chi connectivity index (χ4v) is 2.41. The van der Waals surface area contributed by atoms with Crippen molar-refractivity contribution in [1.82, 2.24) is 4.90 Å². The molecule has 114 valence electrons. The fourth-order valence-electron chi connectivity index (χ4n) is 2.41. The summed E-state index contributed by atoms with van der Waals surface area (Å²) >= 11 is 0. The van der Waals surface area contributed by atoms with Crippen LogP contribution in [0.4, 0.5) is 0 Å². The van der Waals surface area contributed by atoms with Gasteiger partial charge in [-0.15, -0.1) is 0 Å². The summed E-state index contributed by atoms with van der Waals surface area (Å²) in [6.07, 6.45) is -0.116. The van der Waals surface area contributed by atoms with Gasteiger partial charge in [0.1, 0.15) is 5.75 Å². The quantitative estimate of drug-likeness (QED) is 0.906. The highest BCUT2D eigenvalue weighted by Gasteiger charge is 2.30. The van der Waals surface area contributed by atoms with Gasteiger partial charge in [-0.2, -0.15) is 0 Å². The Morgan fingerprint density at radius 1 is 1.48 bits per heavy atom. The predicted molar refractivity (Wildman–Crippen MR) is 75.6 cm³/mol. The lowest BCUT2D eigenvalue weighted by Gasteiger charge is -2.35. The molecule has 2 rings (SSSR count). The minimum Gasteiger partial charge on any atom is -0.496 e. The Morgan fingerprint density at radius 3 is 2.90 bits per heavy atom. The van der Waals surface area contributed by atoms with Crippen molar-refractivity contribution in [2.24, 2.45) is 0 Å². The maximum atomic E-state index is 12.6. The van der Waals surface area contributed by atoms with Crippen molar-refractivity contribution in [3.8, 4) is 5.75 Å². The topological polar surface area (TPSA) is 76.1 Å². The van der Waals surface area contributed by atoms with Crippen LogP contribution < -0.4 is 4.74 Å². The Bertz CT molecular complexity index is 543. The van der Waals surface area contributed by atoms with Gasteiger partial charge in [0.05, 0.1) is 32.8 Å². The first-order chi connectivity index (χ1) is 10.0. The molecule has 6 heteroatoms. The second-order valence-corrected chi connectivity index (χ2v) is 5.01. The molecule has 1 aliphatic heterocycles. The summed E-state index contributed by atoms with van der Waals surface area (Å²) in [4.78, 5) is 25.1. The molecule has 0 saturated carbocycles. The smallest absolute Gasteiger partial charge is 0.305 e. The number of morpholine rings is 1. The minimum atomic E-state index is -0.940. The molecule has 1 aromatic carbocycles. The molecule has 1 amide bonds. The fraction of sp³-hybridized carbons (Fsp3) is 0.467. The van der Waals surface area contributed by atoms with E-state index >= 15 is 0 Å². The highest BCUT2D eigenvalue weighted by Crippen LogP contribution is 2.22. The summed E-state index contributed by atoms with van der Waals surface area (Å²) in [6, 6.07) is 4.80. The molecule has 1 fully saturated rings. The van der Waals surface area contributed by atoms with Gasteiger partial charge in [0.25, 0.3) is 5.91 Å². The van der Waals surface area contributed by atoms with E-state index in [9.17, 15) is 9.59 Å². The number of carboxylic acids is 1. The van der Waals surface area contributed by atoms with Crippen LogP contribution in [-0.2, 0) is 9.53 Å². The van der Waals surface area contributed by atoms with E-state index in [1.54, 1.807) is 24.1 Å². The number of benzene rings is 1. The average Bonchev–Trinajstić information content (AvgIpc) is 2.47. The van der Waals surface area contributed by atoms with Crippen LogP contribution in [0.25, 0.3) is 0 Å². The van der Waals surface area contributed by atoms with Gasteiger partial charge in [-0.05, 0) is 24.6 Å². The Kier molecular flexibility index (Phi) is 4.80. The molecule has 0 aliphatic carbocycles. The summed E-state index contributed by atoms with van der Waals surface area (Å²) < 4.78 is 10.5. The van der Waals surface area contributed by atoms with Crippen LogP contribution in [0.2, 0.25) is 0 Å².